The van der Waals surface area contributed by atoms with Gasteiger partial charge in [-0.2, -0.15) is 5.10 Å². The van der Waals surface area contributed by atoms with Crippen molar-refractivity contribution in [3.05, 3.63) is 47.8 Å². The van der Waals surface area contributed by atoms with Gasteiger partial charge in [-0.25, -0.2) is 0 Å². The van der Waals surface area contributed by atoms with E-state index in [2.05, 4.69) is 5.10 Å². The van der Waals surface area contributed by atoms with Crippen LogP contribution in [0.1, 0.15) is 31.1 Å². The molecule has 0 radical (unpaired) electrons. The Kier molecular flexibility index (Phi) is 4.40. The lowest BCUT2D eigenvalue weighted by molar-refractivity contribution is -0.144. The molecule has 0 aliphatic carbocycles. The maximum absolute atomic E-state index is 11.8. The molecule has 0 bridgehead atoms. The fourth-order valence-electron chi connectivity index (χ4n) is 1.80. The van der Waals surface area contributed by atoms with E-state index in [9.17, 15) is 4.79 Å². The van der Waals surface area contributed by atoms with E-state index in [0.717, 1.165) is 11.3 Å². The van der Waals surface area contributed by atoms with Gasteiger partial charge in [0, 0.05) is 17.9 Å². The summed E-state index contributed by atoms with van der Waals surface area (Å²) in [7, 11) is 0. The average Bonchev–Trinajstić information content (AvgIpc) is 2.88. The predicted octanol–water partition coefficient (Wildman–Crippen LogP) is 2.33. The van der Waals surface area contributed by atoms with Gasteiger partial charge in [-0.05, 0) is 31.5 Å². The van der Waals surface area contributed by atoms with Gasteiger partial charge in [0.15, 0.2) is 0 Å². The highest BCUT2D eigenvalue weighted by atomic mass is 16.5. The van der Waals surface area contributed by atoms with Gasteiger partial charge in [0.05, 0.1) is 12.1 Å². The van der Waals surface area contributed by atoms with Crippen molar-refractivity contribution in [3.63, 3.8) is 0 Å². The Morgan fingerprint density at radius 3 is 2.75 bits per heavy atom. The summed E-state index contributed by atoms with van der Waals surface area (Å²) in [6.45, 7) is 4.27. The van der Waals surface area contributed by atoms with Crippen molar-refractivity contribution in [3.8, 4) is 0 Å². The van der Waals surface area contributed by atoms with E-state index < -0.39 is 0 Å². The maximum Gasteiger partial charge on any atom is 0.310 e. The Balaban J connectivity index is 1.87. The molecule has 0 saturated heterocycles. The number of nitrogens with zero attached hydrogens (tertiary/aromatic N) is 2. The monoisotopic (exact) mass is 273 g/mol. The second kappa shape index (κ2) is 6.23. The van der Waals surface area contributed by atoms with E-state index in [0.29, 0.717) is 11.7 Å². The molecule has 0 amide bonds. The van der Waals surface area contributed by atoms with Crippen LogP contribution < -0.4 is 5.73 Å². The minimum atomic E-state index is -0.304. The molecule has 0 fully saturated rings. The second-order valence-electron chi connectivity index (χ2n) is 4.92. The Morgan fingerprint density at radius 1 is 1.35 bits per heavy atom. The van der Waals surface area contributed by atoms with E-state index in [1.54, 1.807) is 6.07 Å². The molecule has 0 aliphatic heterocycles. The van der Waals surface area contributed by atoms with Crippen LogP contribution in [0.15, 0.2) is 36.5 Å². The molecule has 1 aromatic heterocycles. The average molecular weight is 273 g/mol. The van der Waals surface area contributed by atoms with Gasteiger partial charge in [-0.1, -0.05) is 18.2 Å². The van der Waals surface area contributed by atoms with Crippen molar-refractivity contribution in [1.29, 1.82) is 0 Å². The van der Waals surface area contributed by atoms with Gasteiger partial charge in [0.2, 0.25) is 0 Å². The van der Waals surface area contributed by atoms with Crippen molar-refractivity contribution in [2.75, 3.05) is 5.73 Å². The molecule has 0 atom stereocenters. The number of esters is 1. The summed E-state index contributed by atoms with van der Waals surface area (Å²) in [5.41, 5.74) is 7.92. The molecule has 5 heteroatoms. The van der Waals surface area contributed by atoms with Crippen LogP contribution >= 0.6 is 0 Å². The normalized spacial score (nSPS) is 10.8. The summed E-state index contributed by atoms with van der Waals surface area (Å²) >= 11 is 0. The summed E-state index contributed by atoms with van der Waals surface area (Å²) in [5, 5.41) is 4.32. The predicted molar refractivity (Wildman–Crippen MR) is 77.0 cm³/mol. The molecule has 2 aromatic rings. The van der Waals surface area contributed by atoms with Crippen LogP contribution in [-0.2, 0) is 22.6 Å². The molecule has 1 aromatic carbocycles. The minimum Gasteiger partial charge on any atom is -0.459 e. The highest BCUT2D eigenvalue weighted by Crippen LogP contribution is 2.12. The molecular formula is C15H19N3O2. The zero-order valence-corrected chi connectivity index (χ0v) is 11.7. The fraction of sp³-hybridized carbons (Fsp3) is 0.333. The summed E-state index contributed by atoms with van der Waals surface area (Å²) < 4.78 is 7.04. The third-order valence-electron chi connectivity index (χ3n) is 2.96. The topological polar surface area (TPSA) is 70.1 Å². The van der Waals surface area contributed by atoms with Crippen molar-refractivity contribution < 1.29 is 9.53 Å². The van der Waals surface area contributed by atoms with Crippen LogP contribution in [-0.4, -0.2) is 15.7 Å². The number of hydrogen-bond acceptors (Lipinski definition) is 4. The molecule has 2 N–H and O–H groups in total. The van der Waals surface area contributed by atoms with Gasteiger partial charge in [-0.3, -0.25) is 9.48 Å². The lowest BCUT2D eigenvalue weighted by Crippen LogP contribution is -2.10. The van der Waals surface area contributed by atoms with Crippen LogP contribution in [0.25, 0.3) is 0 Å². The Hall–Kier alpha value is -2.30. The molecule has 20 heavy (non-hydrogen) atoms. The quantitative estimate of drug-likeness (QED) is 0.670. The van der Waals surface area contributed by atoms with E-state index in [4.69, 9.17) is 10.5 Å². The third kappa shape index (κ3) is 3.60. The smallest absolute Gasteiger partial charge is 0.310 e. The number of carbonyl (C=O) groups is 1. The summed E-state index contributed by atoms with van der Waals surface area (Å²) in [4.78, 5) is 11.8. The van der Waals surface area contributed by atoms with E-state index >= 15 is 0 Å². The Morgan fingerprint density at radius 2 is 2.10 bits per heavy atom. The molecule has 1 heterocycles. The van der Waals surface area contributed by atoms with Crippen LogP contribution in [0.2, 0.25) is 0 Å². The maximum atomic E-state index is 11.8. The van der Waals surface area contributed by atoms with E-state index in [1.165, 1.54) is 0 Å². The number of nitrogen functional groups attached to an aromatic ring is 1. The molecule has 0 aliphatic rings. The van der Waals surface area contributed by atoms with Crippen molar-refractivity contribution >= 4 is 11.7 Å². The molecule has 0 saturated carbocycles. The summed E-state index contributed by atoms with van der Waals surface area (Å²) in [6, 6.07) is 9.43. The number of nitrogens with two attached hydrogens (primary N) is 1. The summed E-state index contributed by atoms with van der Waals surface area (Å²) in [5.74, 6) is -0.304. The SMILES string of the molecule is CC(C)n1ccc(COC(=O)Cc2ccccc2N)n1. The van der Waals surface area contributed by atoms with Crippen molar-refractivity contribution in [2.45, 2.75) is 32.9 Å². The zero-order valence-electron chi connectivity index (χ0n) is 11.7. The second-order valence-corrected chi connectivity index (χ2v) is 4.92. The highest BCUT2D eigenvalue weighted by Gasteiger charge is 2.09. The standard InChI is InChI=1S/C15H19N3O2/c1-11(2)18-8-7-13(17-18)10-20-15(19)9-12-5-3-4-6-14(12)16/h3-8,11H,9-10,16H2,1-2H3. The zero-order chi connectivity index (χ0) is 14.5. The number of carbonyl (C=O) groups excluding carboxylic acids is 1. The lowest BCUT2D eigenvalue weighted by atomic mass is 10.1. The van der Waals surface area contributed by atoms with Gasteiger partial charge in [0.1, 0.15) is 6.61 Å². The van der Waals surface area contributed by atoms with Crippen molar-refractivity contribution in [2.24, 2.45) is 0 Å². The van der Waals surface area contributed by atoms with Crippen LogP contribution in [0, 0.1) is 0 Å². The molecular weight excluding hydrogens is 254 g/mol. The van der Waals surface area contributed by atoms with Crippen LogP contribution in [0.4, 0.5) is 5.69 Å². The first-order valence-electron chi connectivity index (χ1n) is 6.59. The first-order valence-corrected chi connectivity index (χ1v) is 6.59. The van der Waals surface area contributed by atoms with E-state index in [-0.39, 0.29) is 19.0 Å². The molecule has 5 nitrogen and oxygen atoms in total. The molecule has 0 unspecified atom stereocenters. The number of hydrogen-bond donors (Lipinski definition) is 1. The van der Waals surface area contributed by atoms with Gasteiger partial charge >= 0.3 is 5.97 Å². The molecule has 2 rings (SSSR count). The number of aromatic nitrogens is 2. The lowest BCUT2D eigenvalue weighted by Gasteiger charge is -2.06. The minimum absolute atomic E-state index is 0.178. The van der Waals surface area contributed by atoms with Gasteiger partial charge in [-0.15, -0.1) is 0 Å². The number of ether oxygens (including phenoxy) is 1. The largest absolute Gasteiger partial charge is 0.459 e. The number of rotatable bonds is 5. The number of benzene rings is 1. The van der Waals surface area contributed by atoms with Gasteiger partial charge < -0.3 is 10.5 Å². The van der Waals surface area contributed by atoms with E-state index in [1.807, 2.05) is 49.0 Å². The molecule has 0 spiro atoms. The first-order chi connectivity index (χ1) is 9.56. The highest BCUT2D eigenvalue weighted by molar-refractivity contribution is 5.74. The summed E-state index contributed by atoms with van der Waals surface area (Å²) in [6.07, 6.45) is 2.06. The van der Waals surface area contributed by atoms with Gasteiger partial charge in [0.25, 0.3) is 0 Å². The van der Waals surface area contributed by atoms with Crippen molar-refractivity contribution in [1.82, 2.24) is 9.78 Å². The van der Waals surface area contributed by atoms with Crippen LogP contribution in [0.5, 0.6) is 0 Å². The fourth-order valence-corrected chi connectivity index (χ4v) is 1.80. The number of anilines is 1. The number of para-hydroxylation sites is 1. The Bertz CT molecular complexity index is 590. The molecule has 106 valence electrons. The Labute approximate surface area is 118 Å². The third-order valence-corrected chi connectivity index (χ3v) is 2.96. The first kappa shape index (κ1) is 14.1. The van der Waals surface area contributed by atoms with Crippen LogP contribution in [0.3, 0.4) is 0 Å².